The Morgan fingerprint density at radius 3 is 2.84 bits per heavy atom. The van der Waals surface area contributed by atoms with Crippen LogP contribution in [0.5, 0.6) is 11.5 Å². The first kappa shape index (κ1) is 11.5. The molecule has 0 amide bonds. The third kappa shape index (κ3) is 2.33. The largest absolute Gasteiger partial charge is 0.475 e. The molecule has 1 aliphatic rings. The van der Waals surface area contributed by atoms with Crippen molar-refractivity contribution in [2.75, 3.05) is 12.1 Å². The summed E-state index contributed by atoms with van der Waals surface area (Å²) in [7, 11) is 0. The van der Waals surface area contributed by atoms with E-state index in [9.17, 15) is 4.79 Å². The van der Waals surface area contributed by atoms with Crippen LogP contribution in [0.15, 0.2) is 34.7 Å². The van der Waals surface area contributed by atoms with E-state index in [0.717, 1.165) is 11.3 Å². The molecule has 0 saturated carbocycles. The summed E-state index contributed by atoms with van der Waals surface area (Å²) in [6, 6.07) is 8.60. The summed E-state index contributed by atoms with van der Waals surface area (Å²) in [4.78, 5) is 10.7. The van der Waals surface area contributed by atoms with Crippen molar-refractivity contribution in [3.8, 4) is 11.5 Å². The van der Waals surface area contributed by atoms with Gasteiger partial charge in [0, 0.05) is 12.6 Å². The average Bonchev–Trinajstić information content (AvgIpc) is 3.04. The number of carbonyl (C=O) groups is 1. The second kappa shape index (κ2) is 4.56. The van der Waals surface area contributed by atoms with Crippen LogP contribution in [0.2, 0.25) is 0 Å². The quantitative estimate of drug-likeness (QED) is 0.879. The molecule has 1 aliphatic heterocycles. The van der Waals surface area contributed by atoms with E-state index in [1.165, 1.54) is 6.07 Å². The molecule has 0 unspecified atom stereocenters. The Morgan fingerprint density at radius 2 is 2.05 bits per heavy atom. The number of furan rings is 1. The van der Waals surface area contributed by atoms with Gasteiger partial charge in [-0.15, -0.1) is 0 Å². The van der Waals surface area contributed by atoms with Crippen LogP contribution >= 0.6 is 0 Å². The van der Waals surface area contributed by atoms with Gasteiger partial charge in [-0.3, -0.25) is 0 Å². The van der Waals surface area contributed by atoms with E-state index < -0.39 is 5.97 Å². The number of ether oxygens (including phenoxy) is 2. The van der Waals surface area contributed by atoms with Crippen molar-refractivity contribution in [3.63, 3.8) is 0 Å². The van der Waals surface area contributed by atoms with Crippen LogP contribution in [0, 0.1) is 0 Å². The number of benzene rings is 1. The Labute approximate surface area is 108 Å². The van der Waals surface area contributed by atoms with Crippen molar-refractivity contribution in [2.45, 2.75) is 6.54 Å². The number of nitrogens with one attached hydrogen (secondary N) is 1. The second-order valence-electron chi connectivity index (χ2n) is 4.01. The molecule has 0 bridgehead atoms. The van der Waals surface area contributed by atoms with Crippen molar-refractivity contribution in [2.24, 2.45) is 0 Å². The Bertz CT molecular complexity index is 619. The summed E-state index contributed by atoms with van der Waals surface area (Å²) in [5.41, 5.74) is 0.984. The Kier molecular flexibility index (Phi) is 2.75. The number of hydrogen-bond donors (Lipinski definition) is 2. The number of carboxylic acids is 1. The summed E-state index contributed by atoms with van der Waals surface area (Å²) in [5.74, 6) is 0.680. The molecule has 1 aromatic heterocycles. The van der Waals surface area contributed by atoms with Gasteiger partial charge in [0.1, 0.15) is 0 Å². The van der Waals surface area contributed by atoms with E-state index in [1.54, 1.807) is 6.07 Å². The lowest BCUT2D eigenvalue weighted by molar-refractivity contribution is 0.0663. The minimum absolute atomic E-state index is 0.0896. The van der Waals surface area contributed by atoms with Gasteiger partial charge in [0.25, 0.3) is 0 Å². The summed E-state index contributed by atoms with van der Waals surface area (Å²) >= 11 is 0. The molecule has 3 rings (SSSR count). The zero-order valence-corrected chi connectivity index (χ0v) is 9.88. The third-order valence-corrected chi connectivity index (χ3v) is 2.72. The van der Waals surface area contributed by atoms with Crippen LogP contribution in [0.3, 0.4) is 0 Å². The number of hydrogen-bond acceptors (Lipinski definition) is 5. The van der Waals surface area contributed by atoms with Gasteiger partial charge in [-0.05, 0) is 23.8 Å². The van der Waals surface area contributed by atoms with Crippen LogP contribution in [0.4, 0.5) is 5.88 Å². The van der Waals surface area contributed by atoms with Crippen molar-refractivity contribution in [1.82, 2.24) is 0 Å². The fraction of sp³-hybridized carbons (Fsp3) is 0.154. The molecule has 0 radical (unpaired) electrons. The lowest BCUT2D eigenvalue weighted by Crippen LogP contribution is -1.98. The predicted molar refractivity (Wildman–Crippen MR) is 65.6 cm³/mol. The molecule has 0 saturated heterocycles. The van der Waals surface area contributed by atoms with Gasteiger partial charge >= 0.3 is 5.97 Å². The van der Waals surface area contributed by atoms with E-state index in [-0.39, 0.29) is 12.6 Å². The van der Waals surface area contributed by atoms with Crippen molar-refractivity contribution < 1.29 is 23.8 Å². The maximum Gasteiger partial charge on any atom is 0.371 e. The van der Waals surface area contributed by atoms with Crippen molar-refractivity contribution >= 4 is 11.9 Å². The van der Waals surface area contributed by atoms with Crippen LogP contribution < -0.4 is 14.8 Å². The molecule has 19 heavy (non-hydrogen) atoms. The smallest absolute Gasteiger partial charge is 0.371 e. The van der Waals surface area contributed by atoms with E-state index >= 15 is 0 Å². The average molecular weight is 261 g/mol. The SMILES string of the molecule is O=C(O)c1ccc(NCc2ccc3c(c2)OCO3)o1. The minimum atomic E-state index is -1.09. The molecular weight excluding hydrogens is 250 g/mol. The first-order valence-electron chi connectivity index (χ1n) is 5.68. The van der Waals surface area contributed by atoms with Crippen molar-refractivity contribution in [1.29, 1.82) is 0 Å². The van der Waals surface area contributed by atoms with E-state index in [0.29, 0.717) is 18.2 Å². The topological polar surface area (TPSA) is 80.9 Å². The lowest BCUT2D eigenvalue weighted by Gasteiger charge is -2.04. The van der Waals surface area contributed by atoms with E-state index in [4.69, 9.17) is 19.0 Å². The maximum absolute atomic E-state index is 10.7. The number of aromatic carboxylic acids is 1. The Hall–Kier alpha value is -2.63. The molecule has 0 spiro atoms. The highest BCUT2D eigenvalue weighted by atomic mass is 16.7. The normalized spacial score (nSPS) is 12.4. The van der Waals surface area contributed by atoms with E-state index in [1.807, 2.05) is 18.2 Å². The third-order valence-electron chi connectivity index (χ3n) is 2.72. The van der Waals surface area contributed by atoms with Gasteiger partial charge in [-0.2, -0.15) is 0 Å². The zero-order valence-electron chi connectivity index (χ0n) is 9.88. The molecule has 6 heteroatoms. The minimum Gasteiger partial charge on any atom is -0.475 e. The molecular formula is C13H11NO5. The van der Waals surface area contributed by atoms with E-state index in [2.05, 4.69) is 5.32 Å². The summed E-state index contributed by atoms with van der Waals surface area (Å²) < 4.78 is 15.6. The standard InChI is InChI=1S/C13H11NO5/c15-13(16)10-3-4-12(19-10)14-6-8-1-2-9-11(5-8)18-7-17-9/h1-5,14H,6-7H2,(H,15,16). The Balaban J connectivity index is 1.67. The summed E-state index contributed by atoms with van der Waals surface area (Å²) in [6.07, 6.45) is 0. The van der Waals surface area contributed by atoms with Crippen LogP contribution in [-0.4, -0.2) is 17.9 Å². The fourth-order valence-corrected chi connectivity index (χ4v) is 1.79. The van der Waals surface area contributed by atoms with Gasteiger partial charge in [0.2, 0.25) is 12.6 Å². The number of anilines is 1. The first-order valence-corrected chi connectivity index (χ1v) is 5.68. The number of fused-ring (bicyclic) bond motifs is 1. The summed E-state index contributed by atoms with van der Waals surface area (Å²) in [5, 5.41) is 11.7. The highest BCUT2D eigenvalue weighted by molar-refractivity contribution is 5.84. The van der Waals surface area contributed by atoms with Gasteiger partial charge in [-0.1, -0.05) is 6.07 Å². The highest BCUT2D eigenvalue weighted by Gasteiger charge is 2.13. The second-order valence-corrected chi connectivity index (χ2v) is 4.01. The lowest BCUT2D eigenvalue weighted by atomic mass is 10.2. The molecule has 2 aromatic rings. The van der Waals surface area contributed by atoms with Crippen LogP contribution in [-0.2, 0) is 6.54 Å². The maximum atomic E-state index is 10.7. The molecule has 2 N–H and O–H groups in total. The predicted octanol–water partition coefficient (Wildman–Crippen LogP) is 2.32. The highest BCUT2D eigenvalue weighted by Crippen LogP contribution is 2.32. The molecule has 0 aliphatic carbocycles. The van der Waals surface area contributed by atoms with Gasteiger partial charge in [-0.25, -0.2) is 4.79 Å². The first-order chi connectivity index (χ1) is 9.22. The van der Waals surface area contributed by atoms with Gasteiger partial charge in [0.05, 0.1) is 0 Å². The zero-order chi connectivity index (χ0) is 13.2. The molecule has 2 heterocycles. The molecule has 0 fully saturated rings. The Morgan fingerprint density at radius 1 is 1.21 bits per heavy atom. The number of carboxylic acid groups (broad SMARTS) is 1. The molecule has 0 atom stereocenters. The van der Waals surface area contributed by atoms with Crippen LogP contribution in [0.1, 0.15) is 16.1 Å². The summed E-state index contributed by atoms with van der Waals surface area (Å²) in [6.45, 7) is 0.746. The van der Waals surface area contributed by atoms with Crippen LogP contribution in [0.25, 0.3) is 0 Å². The van der Waals surface area contributed by atoms with Gasteiger partial charge in [0.15, 0.2) is 17.4 Å². The fourth-order valence-electron chi connectivity index (χ4n) is 1.79. The molecule has 6 nitrogen and oxygen atoms in total. The van der Waals surface area contributed by atoms with Crippen molar-refractivity contribution in [3.05, 3.63) is 41.7 Å². The monoisotopic (exact) mass is 261 g/mol. The molecule has 98 valence electrons. The van der Waals surface area contributed by atoms with Gasteiger partial charge < -0.3 is 24.3 Å². The molecule has 1 aromatic carbocycles. The number of rotatable bonds is 4.